The van der Waals surface area contributed by atoms with E-state index < -0.39 is 0 Å². The first-order valence-electron chi connectivity index (χ1n) is 7.20. The van der Waals surface area contributed by atoms with Crippen LogP contribution in [0.5, 0.6) is 0 Å². The van der Waals surface area contributed by atoms with Crippen molar-refractivity contribution in [3.8, 4) is 0 Å². The van der Waals surface area contributed by atoms with Crippen LogP contribution in [0.4, 0.5) is 4.79 Å². The molecule has 0 radical (unpaired) electrons. The Labute approximate surface area is 110 Å². The highest BCUT2D eigenvalue weighted by Gasteiger charge is 2.42. The molecule has 0 aliphatic heterocycles. The molecule has 2 saturated carbocycles. The monoisotopic (exact) mass is 254 g/mol. The molecule has 0 heterocycles. The zero-order valence-electron chi connectivity index (χ0n) is 11.5. The van der Waals surface area contributed by atoms with Gasteiger partial charge in [0.15, 0.2) is 0 Å². The van der Waals surface area contributed by atoms with E-state index in [-0.39, 0.29) is 18.1 Å². The molecule has 4 nitrogen and oxygen atoms in total. The predicted octanol–water partition coefficient (Wildman–Crippen LogP) is 1.88. The van der Waals surface area contributed by atoms with E-state index in [1.807, 2.05) is 0 Å². The van der Waals surface area contributed by atoms with Crippen LogP contribution in [0.3, 0.4) is 0 Å². The molecular formula is C14H26N2O2. The van der Waals surface area contributed by atoms with Gasteiger partial charge in [-0.15, -0.1) is 0 Å². The maximum atomic E-state index is 11.8. The van der Waals surface area contributed by atoms with Crippen LogP contribution < -0.4 is 10.6 Å². The standard InChI is InChI=1S/C14H26N2O2/c1-10-3-4-12(11(2)7-10)16-13(18)15-8-14(9-17)5-6-14/h10-12,17H,3-9H2,1-2H3,(H2,15,16,18). The zero-order valence-corrected chi connectivity index (χ0v) is 11.5. The lowest BCUT2D eigenvalue weighted by atomic mass is 9.80. The molecule has 2 aliphatic carbocycles. The number of rotatable bonds is 4. The molecule has 0 aromatic heterocycles. The first kappa shape index (κ1) is 13.7. The largest absolute Gasteiger partial charge is 0.396 e. The highest BCUT2D eigenvalue weighted by atomic mass is 16.3. The molecule has 2 amide bonds. The molecule has 0 aromatic rings. The van der Waals surface area contributed by atoms with Gasteiger partial charge >= 0.3 is 6.03 Å². The lowest BCUT2D eigenvalue weighted by Gasteiger charge is -2.33. The Balaban J connectivity index is 1.70. The van der Waals surface area contributed by atoms with Crippen molar-refractivity contribution >= 4 is 6.03 Å². The molecule has 2 rings (SSSR count). The number of urea groups is 1. The first-order valence-corrected chi connectivity index (χ1v) is 7.20. The van der Waals surface area contributed by atoms with E-state index >= 15 is 0 Å². The minimum atomic E-state index is -0.0684. The van der Waals surface area contributed by atoms with Crippen LogP contribution in [-0.2, 0) is 0 Å². The molecule has 0 saturated heterocycles. The minimum Gasteiger partial charge on any atom is -0.396 e. The maximum absolute atomic E-state index is 11.8. The predicted molar refractivity (Wildman–Crippen MR) is 71.3 cm³/mol. The zero-order chi connectivity index (χ0) is 13.2. The fourth-order valence-electron chi connectivity index (χ4n) is 2.93. The summed E-state index contributed by atoms with van der Waals surface area (Å²) in [6, 6.07) is 0.242. The lowest BCUT2D eigenvalue weighted by Crippen LogP contribution is -2.48. The third kappa shape index (κ3) is 3.37. The second-order valence-corrected chi connectivity index (χ2v) is 6.49. The van der Waals surface area contributed by atoms with E-state index in [4.69, 9.17) is 0 Å². The molecule has 3 unspecified atom stereocenters. The summed E-state index contributed by atoms with van der Waals surface area (Å²) in [6.07, 6.45) is 5.55. The van der Waals surface area contributed by atoms with Gasteiger partial charge in [-0.05, 0) is 43.9 Å². The average molecular weight is 254 g/mol. The first-order chi connectivity index (χ1) is 8.54. The van der Waals surface area contributed by atoms with Crippen molar-refractivity contribution in [1.29, 1.82) is 0 Å². The van der Waals surface area contributed by atoms with Gasteiger partial charge in [0.1, 0.15) is 0 Å². The van der Waals surface area contributed by atoms with Gasteiger partial charge in [-0.25, -0.2) is 4.79 Å². The summed E-state index contributed by atoms with van der Waals surface area (Å²) in [4.78, 5) is 11.8. The number of aliphatic hydroxyl groups is 1. The van der Waals surface area contributed by atoms with E-state index in [9.17, 15) is 9.90 Å². The van der Waals surface area contributed by atoms with Crippen LogP contribution in [-0.4, -0.2) is 30.3 Å². The van der Waals surface area contributed by atoms with Crippen molar-refractivity contribution in [2.75, 3.05) is 13.2 Å². The number of hydrogen-bond donors (Lipinski definition) is 3. The van der Waals surface area contributed by atoms with Gasteiger partial charge in [-0.2, -0.15) is 0 Å². The Morgan fingerprint density at radius 1 is 1.33 bits per heavy atom. The van der Waals surface area contributed by atoms with Gasteiger partial charge in [0.25, 0.3) is 0 Å². The molecule has 0 aromatic carbocycles. The molecule has 3 atom stereocenters. The molecule has 2 aliphatic rings. The van der Waals surface area contributed by atoms with E-state index in [2.05, 4.69) is 24.5 Å². The molecular weight excluding hydrogens is 228 g/mol. The van der Waals surface area contributed by atoms with E-state index in [1.54, 1.807) is 0 Å². The number of aliphatic hydroxyl groups excluding tert-OH is 1. The normalized spacial score (nSPS) is 33.8. The number of nitrogens with one attached hydrogen (secondary N) is 2. The number of carbonyl (C=O) groups is 1. The Morgan fingerprint density at radius 2 is 2.06 bits per heavy atom. The molecule has 0 bridgehead atoms. The van der Waals surface area contributed by atoms with Crippen molar-refractivity contribution in [2.24, 2.45) is 17.3 Å². The fraction of sp³-hybridized carbons (Fsp3) is 0.929. The molecule has 18 heavy (non-hydrogen) atoms. The van der Waals surface area contributed by atoms with Crippen molar-refractivity contribution in [1.82, 2.24) is 10.6 Å². The van der Waals surface area contributed by atoms with E-state index in [0.717, 1.165) is 25.2 Å². The van der Waals surface area contributed by atoms with E-state index in [1.165, 1.54) is 12.8 Å². The van der Waals surface area contributed by atoms with Crippen LogP contribution in [0, 0.1) is 17.3 Å². The van der Waals surface area contributed by atoms with Gasteiger partial charge in [0, 0.05) is 18.0 Å². The summed E-state index contributed by atoms with van der Waals surface area (Å²) >= 11 is 0. The van der Waals surface area contributed by atoms with Crippen LogP contribution in [0.2, 0.25) is 0 Å². The maximum Gasteiger partial charge on any atom is 0.315 e. The highest BCUT2D eigenvalue weighted by molar-refractivity contribution is 5.74. The summed E-state index contributed by atoms with van der Waals surface area (Å²) in [7, 11) is 0. The van der Waals surface area contributed by atoms with Crippen LogP contribution >= 0.6 is 0 Å². The topological polar surface area (TPSA) is 61.4 Å². The second kappa shape index (κ2) is 5.47. The molecule has 2 fully saturated rings. The summed E-state index contributed by atoms with van der Waals surface area (Å²) < 4.78 is 0. The van der Waals surface area contributed by atoms with Gasteiger partial charge in [-0.3, -0.25) is 0 Å². The minimum absolute atomic E-state index is 0.00989. The van der Waals surface area contributed by atoms with Crippen LogP contribution in [0.25, 0.3) is 0 Å². The van der Waals surface area contributed by atoms with Crippen LogP contribution in [0.1, 0.15) is 46.0 Å². The Kier molecular flexibility index (Phi) is 4.15. The van der Waals surface area contributed by atoms with Gasteiger partial charge in [-0.1, -0.05) is 13.8 Å². The summed E-state index contributed by atoms with van der Waals surface area (Å²) in [5, 5.41) is 15.2. The average Bonchev–Trinajstić information content (AvgIpc) is 3.11. The molecule has 4 heteroatoms. The van der Waals surface area contributed by atoms with Crippen molar-refractivity contribution in [2.45, 2.75) is 52.0 Å². The smallest absolute Gasteiger partial charge is 0.315 e. The summed E-state index contributed by atoms with van der Waals surface area (Å²) in [5.41, 5.74) is -0.00989. The van der Waals surface area contributed by atoms with Crippen molar-refractivity contribution < 1.29 is 9.90 Å². The van der Waals surface area contributed by atoms with E-state index in [0.29, 0.717) is 18.5 Å². The van der Waals surface area contributed by atoms with Gasteiger partial charge in [0.2, 0.25) is 0 Å². The Hall–Kier alpha value is -0.770. The third-order valence-electron chi connectivity index (χ3n) is 4.66. The number of carbonyl (C=O) groups excluding carboxylic acids is 1. The molecule has 104 valence electrons. The molecule has 0 spiro atoms. The SMILES string of the molecule is CC1CCC(NC(=O)NCC2(CO)CC2)C(C)C1. The van der Waals surface area contributed by atoms with Crippen molar-refractivity contribution in [3.63, 3.8) is 0 Å². The Bertz CT molecular complexity index is 302. The van der Waals surface area contributed by atoms with Gasteiger partial charge in [0.05, 0.1) is 6.61 Å². The molecule has 3 N–H and O–H groups in total. The Morgan fingerprint density at radius 3 is 2.61 bits per heavy atom. The summed E-state index contributed by atoms with van der Waals surface area (Å²) in [6.45, 7) is 5.29. The quantitative estimate of drug-likeness (QED) is 0.717. The number of amides is 2. The summed E-state index contributed by atoms with van der Waals surface area (Å²) in [5.74, 6) is 1.34. The number of hydrogen-bond acceptors (Lipinski definition) is 2. The van der Waals surface area contributed by atoms with Crippen LogP contribution in [0.15, 0.2) is 0 Å². The lowest BCUT2D eigenvalue weighted by molar-refractivity contribution is 0.192. The fourth-order valence-corrected chi connectivity index (χ4v) is 2.93. The highest BCUT2D eigenvalue weighted by Crippen LogP contribution is 2.44. The van der Waals surface area contributed by atoms with Gasteiger partial charge < -0.3 is 15.7 Å². The second-order valence-electron chi connectivity index (χ2n) is 6.49. The van der Waals surface area contributed by atoms with Crippen molar-refractivity contribution in [3.05, 3.63) is 0 Å². The third-order valence-corrected chi connectivity index (χ3v) is 4.66.